The van der Waals surface area contributed by atoms with Crippen molar-refractivity contribution in [1.82, 2.24) is 0 Å². The molecule has 0 aromatic heterocycles. The second-order valence-corrected chi connectivity index (χ2v) is 3.65. The summed E-state index contributed by atoms with van der Waals surface area (Å²) in [6.07, 6.45) is 0. The van der Waals surface area contributed by atoms with Crippen molar-refractivity contribution >= 4 is 16.7 Å². The van der Waals surface area contributed by atoms with Crippen LogP contribution in [0.3, 0.4) is 0 Å². The molecule has 0 aliphatic rings. The number of hydrogen-bond donors (Lipinski definition) is 3. The molecule has 82 valence electrons. The molecule has 4 nitrogen and oxygen atoms in total. The summed E-state index contributed by atoms with van der Waals surface area (Å²) >= 11 is 0. The minimum Gasteiger partial charge on any atom is -0.504 e. The van der Waals surface area contributed by atoms with Gasteiger partial charge in [-0.15, -0.1) is 0 Å². The summed E-state index contributed by atoms with van der Waals surface area (Å²) < 4.78 is 0. The van der Waals surface area contributed by atoms with Crippen LogP contribution in [0.1, 0.15) is 15.9 Å². The third-order valence-corrected chi connectivity index (χ3v) is 2.47. The van der Waals surface area contributed by atoms with Crippen LogP contribution in [-0.4, -0.2) is 21.3 Å². The van der Waals surface area contributed by atoms with Gasteiger partial charge in [0.2, 0.25) is 0 Å². The highest BCUT2D eigenvalue weighted by Crippen LogP contribution is 2.37. The Labute approximate surface area is 91.4 Å². The number of aromatic hydroxyl groups is 2. The van der Waals surface area contributed by atoms with Crippen LogP contribution >= 0.6 is 0 Å². The predicted octanol–water partition coefficient (Wildman–Crippen LogP) is 2.26. The van der Waals surface area contributed by atoms with Gasteiger partial charge >= 0.3 is 5.97 Å². The number of aryl methyl sites for hydroxylation is 1. The maximum absolute atomic E-state index is 10.8. The molecule has 0 aliphatic carbocycles. The molecule has 0 radical (unpaired) electrons. The highest BCUT2D eigenvalue weighted by atomic mass is 16.4. The number of rotatable bonds is 1. The van der Waals surface area contributed by atoms with Crippen LogP contribution in [0.2, 0.25) is 0 Å². The molecule has 16 heavy (non-hydrogen) atoms. The van der Waals surface area contributed by atoms with Gasteiger partial charge in [0.25, 0.3) is 0 Å². The van der Waals surface area contributed by atoms with Crippen molar-refractivity contribution < 1.29 is 20.1 Å². The molecule has 0 atom stereocenters. The van der Waals surface area contributed by atoms with Gasteiger partial charge in [0.05, 0.1) is 0 Å². The molecule has 0 bridgehead atoms. The fourth-order valence-electron chi connectivity index (χ4n) is 1.64. The van der Waals surface area contributed by atoms with Crippen molar-refractivity contribution in [3.8, 4) is 11.5 Å². The van der Waals surface area contributed by atoms with E-state index in [1.165, 1.54) is 6.07 Å². The van der Waals surface area contributed by atoms with Crippen LogP contribution in [0.4, 0.5) is 0 Å². The van der Waals surface area contributed by atoms with E-state index in [9.17, 15) is 15.0 Å². The Morgan fingerprint density at radius 2 is 1.81 bits per heavy atom. The van der Waals surface area contributed by atoms with E-state index in [4.69, 9.17) is 5.11 Å². The fourth-order valence-corrected chi connectivity index (χ4v) is 1.64. The maximum Gasteiger partial charge on any atom is 0.339 e. The lowest BCUT2D eigenvalue weighted by Gasteiger charge is -2.07. The lowest BCUT2D eigenvalue weighted by atomic mass is 10.0. The van der Waals surface area contributed by atoms with Crippen LogP contribution in [0.5, 0.6) is 11.5 Å². The molecule has 2 rings (SSSR count). The van der Waals surface area contributed by atoms with Gasteiger partial charge in [-0.2, -0.15) is 0 Å². The molecule has 3 N–H and O–H groups in total. The number of carboxylic acid groups (broad SMARTS) is 1. The Kier molecular flexibility index (Phi) is 2.20. The number of aromatic carboxylic acids is 1. The molecule has 0 amide bonds. The summed E-state index contributed by atoms with van der Waals surface area (Å²) in [6, 6.07) is 6.54. The first-order valence-electron chi connectivity index (χ1n) is 4.69. The van der Waals surface area contributed by atoms with E-state index < -0.39 is 17.5 Å². The molecule has 0 heterocycles. The third kappa shape index (κ3) is 1.44. The summed E-state index contributed by atoms with van der Waals surface area (Å²) in [5.74, 6) is -2.25. The van der Waals surface area contributed by atoms with E-state index in [2.05, 4.69) is 0 Å². The Bertz CT molecular complexity index is 587. The summed E-state index contributed by atoms with van der Waals surface area (Å²) in [5.41, 5.74) is 0.624. The first-order valence-corrected chi connectivity index (χ1v) is 4.69. The zero-order chi connectivity index (χ0) is 11.9. The maximum atomic E-state index is 10.8. The van der Waals surface area contributed by atoms with Crippen molar-refractivity contribution in [3.05, 3.63) is 35.4 Å². The van der Waals surface area contributed by atoms with Gasteiger partial charge in [0.15, 0.2) is 11.5 Å². The quantitative estimate of drug-likeness (QED) is 0.641. The predicted molar refractivity (Wildman–Crippen MR) is 59.0 cm³/mol. The first-order chi connectivity index (χ1) is 7.50. The Hall–Kier alpha value is -2.23. The van der Waals surface area contributed by atoms with E-state index in [1.807, 2.05) is 13.0 Å². The summed E-state index contributed by atoms with van der Waals surface area (Å²) in [5, 5.41) is 29.1. The van der Waals surface area contributed by atoms with Crippen LogP contribution in [0.25, 0.3) is 10.8 Å². The SMILES string of the molecule is Cc1ccc2cc(C(=O)O)c(O)c(O)c2c1. The summed E-state index contributed by atoms with van der Waals surface area (Å²) in [4.78, 5) is 10.8. The van der Waals surface area contributed by atoms with E-state index in [-0.39, 0.29) is 5.56 Å². The molecule has 0 saturated carbocycles. The minimum absolute atomic E-state index is 0.297. The number of fused-ring (bicyclic) bond motifs is 1. The Morgan fingerprint density at radius 1 is 1.12 bits per heavy atom. The molecule has 0 fully saturated rings. The van der Waals surface area contributed by atoms with Gasteiger partial charge < -0.3 is 15.3 Å². The number of carbonyl (C=O) groups is 1. The number of phenols is 2. The third-order valence-electron chi connectivity index (χ3n) is 2.47. The van der Waals surface area contributed by atoms with E-state index in [0.717, 1.165) is 5.56 Å². The molecule has 2 aromatic rings. The van der Waals surface area contributed by atoms with Crippen LogP contribution < -0.4 is 0 Å². The van der Waals surface area contributed by atoms with Crippen LogP contribution in [0, 0.1) is 6.92 Å². The average Bonchev–Trinajstić information content (AvgIpc) is 2.23. The number of benzene rings is 2. The molecule has 4 heteroatoms. The number of hydrogen-bond acceptors (Lipinski definition) is 3. The van der Waals surface area contributed by atoms with Crippen molar-refractivity contribution in [2.24, 2.45) is 0 Å². The number of carboxylic acids is 1. The lowest BCUT2D eigenvalue weighted by molar-refractivity contribution is 0.0693. The standard InChI is InChI=1S/C12H10O4/c1-6-2-3-7-5-9(12(15)16)11(14)10(13)8(7)4-6/h2-5,13-14H,1H3,(H,15,16). The van der Waals surface area contributed by atoms with Gasteiger partial charge in [0.1, 0.15) is 5.56 Å². The second kappa shape index (κ2) is 3.41. The monoisotopic (exact) mass is 218 g/mol. The zero-order valence-corrected chi connectivity index (χ0v) is 8.56. The van der Waals surface area contributed by atoms with E-state index in [0.29, 0.717) is 10.8 Å². The minimum atomic E-state index is -1.27. The largest absolute Gasteiger partial charge is 0.504 e. The highest BCUT2D eigenvalue weighted by molar-refractivity contribution is 6.01. The molecule has 0 spiro atoms. The highest BCUT2D eigenvalue weighted by Gasteiger charge is 2.16. The zero-order valence-electron chi connectivity index (χ0n) is 8.56. The van der Waals surface area contributed by atoms with Crippen molar-refractivity contribution in [3.63, 3.8) is 0 Å². The van der Waals surface area contributed by atoms with Gasteiger partial charge in [-0.25, -0.2) is 4.79 Å². The molecule has 0 unspecified atom stereocenters. The van der Waals surface area contributed by atoms with E-state index in [1.54, 1.807) is 12.1 Å². The normalized spacial score (nSPS) is 10.6. The molecule has 0 saturated heterocycles. The van der Waals surface area contributed by atoms with E-state index >= 15 is 0 Å². The molecular weight excluding hydrogens is 208 g/mol. The van der Waals surface area contributed by atoms with Crippen LogP contribution in [0.15, 0.2) is 24.3 Å². The smallest absolute Gasteiger partial charge is 0.339 e. The van der Waals surface area contributed by atoms with Crippen molar-refractivity contribution in [2.75, 3.05) is 0 Å². The van der Waals surface area contributed by atoms with Gasteiger partial charge in [-0.05, 0) is 24.4 Å². The summed E-state index contributed by atoms with van der Waals surface area (Å²) in [7, 11) is 0. The Morgan fingerprint density at radius 3 is 2.44 bits per heavy atom. The average molecular weight is 218 g/mol. The van der Waals surface area contributed by atoms with Gasteiger partial charge in [0, 0.05) is 5.39 Å². The van der Waals surface area contributed by atoms with Crippen LogP contribution in [-0.2, 0) is 0 Å². The topological polar surface area (TPSA) is 77.8 Å². The Balaban J connectivity index is 2.88. The lowest BCUT2D eigenvalue weighted by Crippen LogP contribution is -1.97. The number of phenolic OH excluding ortho intramolecular Hbond substituents is 1. The second-order valence-electron chi connectivity index (χ2n) is 3.65. The molecule has 0 aliphatic heterocycles. The molecule has 2 aromatic carbocycles. The first kappa shape index (κ1) is 10.3. The van der Waals surface area contributed by atoms with Gasteiger partial charge in [-0.3, -0.25) is 0 Å². The van der Waals surface area contributed by atoms with Gasteiger partial charge in [-0.1, -0.05) is 17.7 Å². The fraction of sp³-hybridized carbons (Fsp3) is 0.0833. The van der Waals surface area contributed by atoms with Crippen molar-refractivity contribution in [2.45, 2.75) is 6.92 Å². The summed E-state index contributed by atoms with van der Waals surface area (Å²) in [6.45, 7) is 1.85. The van der Waals surface area contributed by atoms with Crippen molar-refractivity contribution in [1.29, 1.82) is 0 Å². The molecular formula is C12H10O4.